The van der Waals surface area contributed by atoms with Crippen LogP contribution in [0.3, 0.4) is 0 Å². The smallest absolute Gasteiger partial charge is 0.254 e. The van der Waals surface area contributed by atoms with Crippen LogP contribution in [0.4, 0.5) is 0 Å². The summed E-state index contributed by atoms with van der Waals surface area (Å²) in [5.41, 5.74) is 2.21. The minimum atomic E-state index is -0.0746. The third-order valence-electron chi connectivity index (χ3n) is 4.21. The molecule has 0 unspecified atom stereocenters. The van der Waals surface area contributed by atoms with Gasteiger partial charge in [0.05, 0.1) is 7.11 Å². The standard InChI is InChI=1S/C20H22N2O3/c1-22(20(24)16-4-3-5-18(12-16)25-2)13-14-6-8-15(9-7-14)19(23)21-17-10-11-17/h3-9,12,17H,10-11,13H2,1-2H3,(H,21,23). The molecule has 3 rings (SSSR count). The number of nitrogens with one attached hydrogen (secondary N) is 1. The number of hydrogen-bond acceptors (Lipinski definition) is 3. The summed E-state index contributed by atoms with van der Waals surface area (Å²) >= 11 is 0. The van der Waals surface area contributed by atoms with E-state index < -0.39 is 0 Å². The molecule has 1 aliphatic rings. The van der Waals surface area contributed by atoms with Crippen LogP contribution in [-0.4, -0.2) is 36.9 Å². The molecule has 0 aliphatic heterocycles. The first kappa shape index (κ1) is 17.0. The Balaban J connectivity index is 1.62. The van der Waals surface area contributed by atoms with Gasteiger partial charge in [-0.2, -0.15) is 0 Å². The molecule has 0 spiro atoms. The van der Waals surface area contributed by atoms with Gasteiger partial charge in [0, 0.05) is 30.8 Å². The Bertz CT molecular complexity index is 767. The first-order chi connectivity index (χ1) is 12.1. The molecule has 0 heterocycles. The Morgan fingerprint density at radius 3 is 2.48 bits per heavy atom. The van der Waals surface area contributed by atoms with Gasteiger partial charge in [0.1, 0.15) is 5.75 Å². The average Bonchev–Trinajstić information content (AvgIpc) is 3.45. The molecule has 0 aromatic heterocycles. The zero-order chi connectivity index (χ0) is 17.8. The van der Waals surface area contributed by atoms with E-state index >= 15 is 0 Å². The van der Waals surface area contributed by atoms with Crippen molar-refractivity contribution in [1.29, 1.82) is 0 Å². The topological polar surface area (TPSA) is 58.6 Å². The molecule has 130 valence electrons. The SMILES string of the molecule is COc1cccc(C(=O)N(C)Cc2ccc(C(=O)NC3CC3)cc2)c1. The van der Waals surface area contributed by atoms with Gasteiger partial charge in [-0.15, -0.1) is 0 Å². The second-order valence-electron chi connectivity index (χ2n) is 6.34. The number of amides is 2. The molecular formula is C20H22N2O3. The van der Waals surface area contributed by atoms with Gasteiger partial charge < -0.3 is 15.0 Å². The number of ether oxygens (including phenoxy) is 1. The quantitative estimate of drug-likeness (QED) is 0.881. The minimum absolute atomic E-state index is 0.0325. The normalized spacial score (nSPS) is 13.2. The lowest BCUT2D eigenvalue weighted by Gasteiger charge is -2.18. The molecule has 2 amide bonds. The van der Waals surface area contributed by atoms with Crippen molar-refractivity contribution in [2.24, 2.45) is 0 Å². The number of carbonyl (C=O) groups is 2. The highest BCUT2D eigenvalue weighted by atomic mass is 16.5. The van der Waals surface area contributed by atoms with Crippen LogP contribution in [0.2, 0.25) is 0 Å². The Labute approximate surface area is 147 Å². The van der Waals surface area contributed by atoms with Crippen LogP contribution >= 0.6 is 0 Å². The van der Waals surface area contributed by atoms with E-state index in [4.69, 9.17) is 4.74 Å². The predicted molar refractivity (Wildman–Crippen MR) is 95.7 cm³/mol. The number of methoxy groups -OCH3 is 1. The lowest BCUT2D eigenvalue weighted by atomic mass is 10.1. The Morgan fingerprint density at radius 1 is 1.12 bits per heavy atom. The molecule has 1 fully saturated rings. The highest BCUT2D eigenvalue weighted by Crippen LogP contribution is 2.19. The van der Waals surface area contributed by atoms with Crippen LogP contribution in [0, 0.1) is 0 Å². The number of hydrogen-bond donors (Lipinski definition) is 1. The third kappa shape index (κ3) is 4.38. The zero-order valence-electron chi connectivity index (χ0n) is 14.5. The third-order valence-corrected chi connectivity index (χ3v) is 4.21. The summed E-state index contributed by atoms with van der Waals surface area (Å²) in [7, 11) is 3.34. The van der Waals surface area contributed by atoms with Crippen LogP contribution in [-0.2, 0) is 6.54 Å². The Kier molecular flexibility index (Phi) is 5.03. The molecule has 25 heavy (non-hydrogen) atoms. The van der Waals surface area contributed by atoms with Crippen molar-refractivity contribution in [2.75, 3.05) is 14.2 Å². The first-order valence-corrected chi connectivity index (χ1v) is 8.36. The van der Waals surface area contributed by atoms with Gasteiger partial charge in [0.2, 0.25) is 0 Å². The summed E-state index contributed by atoms with van der Waals surface area (Å²) < 4.78 is 5.16. The number of carbonyl (C=O) groups excluding carboxylic acids is 2. The maximum Gasteiger partial charge on any atom is 0.254 e. The van der Waals surface area contributed by atoms with Gasteiger partial charge in [-0.25, -0.2) is 0 Å². The van der Waals surface area contributed by atoms with Crippen LogP contribution in [0.1, 0.15) is 39.1 Å². The van der Waals surface area contributed by atoms with E-state index in [1.807, 2.05) is 18.2 Å². The molecule has 1 saturated carbocycles. The van der Waals surface area contributed by atoms with Crippen molar-refractivity contribution in [3.05, 3.63) is 65.2 Å². The highest BCUT2D eigenvalue weighted by Gasteiger charge is 2.23. The Hall–Kier alpha value is -2.82. The molecule has 0 radical (unpaired) electrons. The van der Waals surface area contributed by atoms with E-state index in [0.717, 1.165) is 18.4 Å². The second-order valence-corrected chi connectivity index (χ2v) is 6.34. The van der Waals surface area contributed by atoms with E-state index in [1.54, 1.807) is 49.4 Å². The molecule has 0 bridgehead atoms. The highest BCUT2D eigenvalue weighted by molar-refractivity contribution is 5.95. The second kappa shape index (κ2) is 7.38. The molecule has 0 saturated heterocycles. The van der Waals surface area contributed by atoms with Crippen LogP contribution in [0.5, 0.6) is 5.75 Å². The maximum absolute atomic E-state index is 12.5. The maximum atomic E-state index is 12.5. The van der Waals surface area contributed by atoms with Crippen molar-refractivity contribution in [3.63, 3.8) is 0 Å². The molecule has 1 aliphatic carbocycles. The van der Waals surface area contributed by atoms with Crippen LogP contribution in [0.15, 0.2) is 48.5 Å². The van der Waals surface area contributed by atoms with Crippen molar-refractivity contribution < 1.29 is 14.3 Å². The number of benzene rings is 2. The molecule has 2 aromatic carbocycles. The lowest BCUT2D eigenvalue weighted by molar-refractivity contribution is 0.0784. The van der Waals surface area contributed by atoms with Crippen molar-refractivity contribution in [2.45, 2.75) is 25.4 Å². The Morgan fingerprint density at radius 2 is 1.84 bits per heavy atom. The fraction of sp³-hybridized carbons (Fsp3) is 0.300. The summed E-state index contributed by atoms with van der Waals surface area (Å²) in [6.45, 7) is 0.473. The monoisotopic (exact) mass is 338 g/mol. The van der Waals surface area contributed by atoms with Gasteiger partial charge in [-0.3, -0.25) is 9.59 Å². The predicted octanol–water partition coefficient (Wildman–Crippen LogP) is 2.86. The fourth-order valence-corrected chi connectivity index (χ4v) is 2.58. The number of rotatable bonds is 6. The van der Waals surface area contributed by atoms with Gasteiger partial charge in [0.15, 0.2) is 0 Å². The summed E-state index contributed by atoms with van der Waals surface area (Å²) in [5.74, 6) is 0.551. The molecule has 5 heteroatoms. The largest absolute Gasteiger partial charge is 0.497 e. The summed E-state index contributed by atoms with van der Waals surface area (Å²) in [6, 6.07) is 14.8. The fourth-order valence-electron chi connectivity index (χ4n) is 2.58. The van der Waals surface area contributed by atoms with Crippen molar-refractivity contribution in [1.82, 2.24) is 10.2 Å². The van der Waals surface area contributed by atoms with E-state index in [1.165, 1.54) is 0 Å². The molecule has 5 nitrogen and oxygen atoms in total. The van der Waals surface area contributed by atoms with Crippen molar-refractivity contribution in [3.8, 4) is 5.75 Å². The van der Waals surface area contributed by atoms with Gasteiger partial charge >= 0.3 is 0 Å². The minimum Gasteiger partial charge on any atom is -0.497 e. The van der Waals surface area contributed by atoms with Crippen LogP contribution in [0.25, 0.3) is 0 Å². The summed E-state index contributed by atoms with van der Waals surface area (Å²) in [5, 5.41) is 2.97. The summed E-state index contributed by atoms with van der Waals surface area (Å²) in [4.78, 5) is 26.2. The zero-order valence-corrected chi connectivity index (χ0v) is 14.5. The summed E-state index contributed by atoms with van der Waals surface area (Å²) in [6.07, 6.45) is 2.14. The van der Waals surface area contributed by atoms with E-state index in [2.05, 4.69) is 5.32 Å². The van der Waals surface area contributed by atoms with Gasteiger partial charge in [0.25, 0.3) is 11.8 Å². The van der Waals surface area contributed by atoms with Crippen molar-refractivity contribution >= 4 is 11.8 Å². The van der Waals surface area contributed by atoms with Gasteiger partial charge in [-0.1, -0.05) is 18.2 Å². The van der Waals surface area contributed by atoms with Crippen LogP contribution < -0.4 is 10.1 Å². The lowest BCUT2D eigenvalue weighted by Crippen LogP contribution is -2.26. The molecule has 2 aromatic rings. The number of nitrogens with zero attached hydrogens (tertiary/aromatic N) is 1. The molecular weight excluding hydrogens is 316 g/mol. The first-order valence-electron chi connectivity index (χ1n) is 8.36. The van der Waals surface area contributed by atoms with Gasteiger partial charge in [-0.05, 0) is 48.7 Å². The average molecular weight is 338 g/mol. The molecule has 0 atom stereocenters. The molecule has 1 N–H and O–H groups in total. The van der Waals surface area contributed by atoms with E-state index in [0.29, 0.717) is 29.5 Å². The van der Waals surface area contributed by atoms with E-state index in [-0.39, 0.29) is 11.8 Å². The van der Waals surface area contributed by atoms with E-state index in [9.17, 15) is 9.59 Å².